The number of carboxylic acids is 1. The third-order valence-corrected chi connectivity index (χ3v) is 12.5. The lowest BCUT2D eigenvalue weighted by atomic mass is 9.77. The van der Waals surface area contributed by atoms with Crippen molar-refractivity contribution in [2.75, 3.05) is 66.7 Å². The van der Waals surface area contributed by atoms with Crippen LogP contribution in [0.15, 0.2) is 162 Å². The number of nitrogens with zero attached hydrogens (tertiary/aromatic N) is 2. The third kappa shape index (κ3) is 12.7. The zero-order valence-corrected chi connectivity index (χ0v) is 41.7. The van der Waals surface area contributed by atoms with Gasteiger partial charge in [-0.3, -0.25) is 0 Å². The summed E-state index contributed by atoms with van der Waals surface area (Å²) in [6.07, 6.45) is -3.00. The van der Waals surface area contributed by atoms with Gasteiger partial charge >= 0.3 is 11.9 Å². The molecule has 0 saturated heterocycles. The second-order valence-electron chi connectivity index (χ2n) is 15.4. The SMILES string of the molecule is COCCOCOc1c(Cl)c(C(ON=C(C(=O)O)c2csc(NC(c3ccccc3)(c3ccccc3)c3ccccc3)n2)C(=O)OC(c2ccccc2)c2ccccc2)c(Cl)c(OC)c1OCOCCOC. The van der Waals surface area contributed by atoms with Gasteiger partial charge in [0.2, 0.25) is 11.5 Å². The fourth-order valence-electron chi connectivity index (χ4n) is 7.58. The molecule has 1 aromatic heterocycles. The molecule has 0 aliphatic rings. The van der Waals surface area contributed by atoms with E-state index < -0.39 is 35.4 Å². The van der Waals surface area contributed by atoms with Crippen LogP contribution in [0.25, 0.3) is 0 Å². The average Bonchev–Trinajstić information content (AvgIpc) is 3.88. The molecule has 15 nitrogen and oxygen atoms in total. The Kier molecular flexibility index (Phi) is 19.4. The average molecular weight is 1040 g/mol. The first-order valence-electron chi connectivity index (χ1n) is 22.4. The van der Waals surface area contributed by atoms with Crippen LogP contribution in [0.1, 0.15) is 51.3 Å². The van der Waals surface area contributed by atoms with Crippen molar-refractivity contribution in [2.45, 2.75) is 17.7 Å². The molecule has 0 radical (unpaired) electrons. The predicted octanol–water partition coefficient (Wildman–Crippen LogP) is 10.7. The van der Waals surface area contributed by atoms with Gasteiger partial charge in [0.1, 0.15) is 11.2 Å². The number of carboxylic acid groups (broad SMARTS) is 1. The van der Waals surface area contributed by atoms with Gasteiger partial charge in [0.25, 0.3) is 6.10 Å². The highest BCUT2D eigenvalue weighted by molar-refractivity contribution is 7.14. The molecule has 0 fully saturated rings. The van der Waals surface area contributed by atoms with E-state index in [4.69, 9.17) is 70.9 Å². The molecule has 72 heavy (non-hydrogen) atoms. The second-order valence-corrected chi connectivity index (χ2v) is 17.1. The number of rotatable bonds is 27. The maximum Gasteiger partial charge on any atom is 0.360 e. The van der Waals surface area contributed by atoms with Crippen LogP contribution in [-0.2, 0) is 43.6 Å². The van der Waals surface area contributed by atoms with E-state index in [1.54, 1.807) is 48.5 Å². The summed E-state index contributed by atoms with van der Waals surface area (Å²) in [6, 6.07) is 47.5. The van der Waals surface area contributed by atoms with Crippen LogP contribution in [0.4, 0.5) is 5.13 Å². The van der Waals surface area contributed by atoms with Gasteiger partial charge in [0.15, 0.2) is 36.3 Å². The second kappa shape index (κ2) is 26.4. The van der Waals surface area contributed by atoms with Gasteiger partial charge < -0.3 is 53.2 Å². The van der Waals surface area contributed by atoms with Crippen LogP contribution in [0.5, 0.6) is 17.2 Å². The van der Waals surface area contributed by atoms with Crippen molar-refractivity contribution >= 4 is 57.3 Å². The monoisotopic (exact) mass is 1040 g/mol. The predicted molar refractivity (Wildman–Crippen MR) is 273 cm³/mol. The number of carbonyl (C=O) groups excluding carboxylic acids is 1. The topological polar surface area (TPSA) is 175 Å². The molecule has 0 bridgehead atoms. The zero-order chi connectivity index (χ0) is 50.7. The van der Waals surface area contributed by atoms with E-state index in [9.17, 15) is 9.90 Å². The summed E-state index contributed by atoms with van der Waals surface area (Å²) in [4.78, 5) is 39.1. The Morgan fingerprint density at radius 2 is 1.11 bits per heavy atom. The maximum atomic E-state index is 15.0. The van der Waals surface area contributed by atoms with E-state index in [1.165, 1.54) is 26.7 Å². The van der Waals surface area contributed by atoms with Gasteiger partial charge in [0.05, 0.1) is 49.1 Å². The molecule has 7 aromatic rings. The molecule has 0 amide bonds. The van der Waals surface area contributed by atoms with Gasteiger partial charge in [-0.15, -0.1) is 11.3 Å². The molecule has 1 atom stereocenters. The number of halogens is 2. The Labute approximate surface area is 430 Å². The Morgan fingerprint density at radius 1 is 0.653 bits per heavy atom. The lowest BCUT2D eigenvalue weighted by Crippen LogP contribution is -2.38. The van der Waals surface area contributed by atoms with Crippen LogP contribution >= 0.6 is 34.5 Å². The quantitative estimate of drug-likeness (QED) is 0.0124. The first-order chi connectivity index (χ1) is 35.2. The van der Waals surface area contributed by atoms with Crippen LogP contribution in [0.2, 0.25) is 10.0 Å². The highest BCUT2D eigenvalue weighted by Gasteiger charge is 2.40. The molecular formula is C54H51Cl2N3O12S. The van der Waals surface area contributed by atoms with Crippen molar-refractivity contribution in [3.8, 4) is 17.2 Å². The number of nitrogens with one attached hydrogen (secondary N) is 1. The van der Waals surface area contributed by atoms with Crippen molar-refractivity contribution < 1.29 is 57.4 Å². The molecule has 18 heteroatoms. The van der Waals surface area contributed by atoms with Gasteiger partial charge in [-0.2, -0.15) is 0 Å². The minimum absolute atomic E-state index is 0.0964. The highest BCUT2D eigenvalue weighted by Crippen LogP contribution is 2.53. The molecule has 374 valence electrons. The Hall–Kier alpha value is -7.02. The number of aliphatic carboxylic acids is 1. The molecule has 0 spiro atoms. The summed E-state index contributed by atoms with van der Waals surface area (Å²) in [5.74, 6) is -3.07. The summed E-state index contributed by atoms with van der Waals surface area (Å²) in [6.45, 7) is 0.143. The zero-order valence-electron chi connectivity index (χ0n) is 39.4. The largest absolute Gasteiger partial charge is 0.491 e. The number of aromatic nitrogens is 1. The van der Waals surface area contributed by atoms with Crippen molar-refractivity contribution in [1.29, 1.82) is 0 Å². The van der Waals surface area contributed by atoms with Gasteiger partial charge in [-0.1, -0.05) is 180 Å². The fraction of sp³-hybridized carbons (Fsp3) is 0.222. The molecule has 1 heterocycles. The molecule has 0 aliphatic carbocycles. The van der Waals surface area contributed by atoms with Crippen molar-refractivity contribution in [3.63, 3.8) is 0 Å². The number of methoxy groups -OCH3 is 3. The van der Waals surface area contributed by atoms with Crippen LogP contribution < -0.4 is 19.5 Å². The minimum atomic E-state index is -2.00. The number of ether oxygens (including phenoxy) is 8. The van der Waals surface area contributed by atoms with E-state index >= 15 is 4.79 Å². The maximum absolute atomic E-state index is 15.0. The van der Waals surface area contributed by atoms with E-state index in [-0.39, 0.29) is 78.6 Å². The minimum Gasteiger partial charge on any atom is -0.491 e. The lowest BCUT2D eigenvalue weighted by Gasteiger charge is -2.36. The first-order valence-corrected chi connectivity index (χ1v) is 24.0. The summed E-state index contributed by atoms with van der Waals surface area (Å²) in [5.41, 5.74) is 1.86. The van der Waals surface area contributed by atoms with E-state index in [2.05, 4.69) is 10.5 Å². The Balaban J connectivity index is 1.34. The van der Waals surface area contributed by atoms with Crippen LogP contribution in [0.3, 0.4) is 0 Å². The molecular weight excluding hydrogens is 986 g/mol. The Bertz CT molecular complexity index is 2710. The number of thiazole rings is 1. The summed E-state index contributed by atoms with van der Waals surface area (Å²) in [7, 11) is 4.35. The molecule has 7 rings (SSSR count). The third-order valence-electron chi connectivity index (χ3n) is 11.0. The first kappa shape index (κ1) is 52.8. The molecule has 0 saturated carbocycles. The van der Waals surface area contributed by atoms with E-state index in [1.807, 2.05) is 103 Å². The number of hydrogen-bond donors (Lipinski definition) is 2. The summed E-state index contributed by atoms with van der Waals surface area (Å²) in [5, 5.41) is 19.8. The fourth-order valence-corrected chi connectivity index (χ4v) is 9.07. The Morgan fingerprint density at radius 3 is 1.57 bits per heavy atom. The summed E-state index contributed by atoms with van der Waals surface area (Å²) >= 11 is 15.5. The molecule has 0 aliphatic heterocycles. The van der Waals surface area contributed by atoms with Gasteiger partial charge in [0, 0.05) is 19.6 Å². The normalized spacial score (nSPS) is 12.0. The summed E-state index contributed by atoms with van der Waals surface area (Å²) < 4.78 is 45.4. The van der Waals surface area contributed by atoms with Crippen molar-refractivity contribution in [1.82, 2.24) is 4.98 Å². The molecule has 1 unspecified atom stereocenters. The number of esters is 1. The van der Waals surface area contributed by atoms with E-state index in [0.717, 1.165) is 28.0 Å². The van der Waals surface area contributed by atoms with Crippen molar-refractivity contribution in [3.05, 3.63) is 206 Å². The smallest absolute Gasteiger partial charge is 0.360 e. The standard InChI is InChI=1S/C54H51Cl2N3O12S/c1-63-29-31-66-34-68-49-44(56)42(43(55)48(65-3)50(49)69-35-67-32-30-64-2)47(52(62)70-46(36-19-9-4-10-20-36)37-21-11-5-12-22-37)71-59-45(51(60)61)41-33-72-53(57-41)58-54(38-23-13-6-14-24-38,39-25-15-7-16-26-39)40-27-17-8-18-28-40/h4-28,33,46-47H,29-32,34-35H2,1-3H3,(H,57,58)(H,60,61). The van der Waals surface area contributed by atoms with Gasteiger partial charge in [-0.25, -0.2) is 14.6 Å². The lowest BCUT2D eigenvalue weighted by molar-refractivity contribution is -0.162. The molecule has 2 N–H and O–H groups in total. The van der Waals surface area contributed by atoms with Crippen LogP contribution in [-0.4, -0.2) is 89.1 Å². The number of oxime groups is 1. The molecule has 6 aromatic carbocycles. The van der Waals surface area contributed by atoms with Gasteiger partial charge in [-0.05, 0) is 27.8 Å². The highest BCUT2D eigenvalue weighted by atomic mass is 35.5. The number of anilines is 1. The number of hydrogen-bond acceptors (Lipinski definition) is 15. The number of benzene rings is 6. The number of carbonyl (C=O) groups is 2. The van der Waals surface area contributed by atoms with Crippen molar-refractivity contribution in [2.24, 2.45) is 5.16 Å². The van der Waals surface area contributed by atoms with Crippen LogP contribution in [0, 0.1) is 0 Å². The van der Waals surface area contributed by atoms with E-state index in [0.29, 0.717) is 16.3 Å².